The van der Waals surface area contributed by atoms with Crippen LogP contribution in [0.15, 0.2) is 18.3 Å². The van der Waals surface area contributed by atoms with Crippen molar-refractivity contribution in [2.75, 3.05) is 6.61 Å². The molecule has 0 N–H and O–H groups in total. The van der Waals surface area contributed by atoms with Crippen molar-refractivity contribution in [3.8, 4) is 5.88 Å². The molecule has 1 rings (SSSR count). The van der Waals surface area contributed by atoms with Gasteiger partial charge in [-0.05, 0) is 13.0 Å². The van der Waals surface area contributed by atoms with E-state index in [1.165, 1.54) is 6.20 Å². The quantitative estimate of drug-likeness (QED) is 0.611. The molecule has 0 atom stereocenters. The number of aromatic nitrogens is 1. The van der Waals surface area contributed by atoms with Crippen LogP contribution in [0.5, 0.6) is 5.88 Å². The van der Waals surface area contributed by atoms with Crippen LogP contribution in [-0.2, 0) is 0 Å². The highest BCUT2D eigenvalue weighted by Gasteiger charge is 1.92. The fourth-order valence-corrected chi connectivity index (χ4v) is 0.695. The zero-order valence-corrected chi connectivity index (χ0v) is 6.28. The zero-order valence-electron chi connectivity index (χ0n) is 6.28. The molecule has 0 bridgehead atoms. The Morgan fingerprint density at radius 3 is 2.91 bits per heavy atom. The summed E-state index contributed by atoms with van der Waals surface area (Å²) < 4.78 is 5.08. The number of nitrogens with zero attached hydrogens (tertiary/aromatic N) is 1. The van der Waals surface area contributed by atoms with Crippen LogP contribution in [0, 0.1) is 0 Å². The Balaban J connectivity index is 2.74. The Kier molecular flexibility index (Phi) is 2.60. The summed E-state index contributed by atoms with van der Waals surface area (Å²) in [6, 6.07) is 3.35. The predicted molar refractivity (Wildman–Crippen MR) is 40.8 cm³/mol. The first kappa shape index (κ1) is 7.72. The number of aldehydes is 1. The van der Waals surface area contributed by atoms with Gasteiger partial charge in [0.25, 0.3) is 0 Å². The number of rotatable bonds is 3. The van der Waals surface area contributed by atoms with E-state index < -0.39 is 0 Å². The van der Waals surface area contributed by atoms with Crippen molar-refractivity contribution in [1.82, 2.24) is 4.98 Å². The standard InChI is InChI=1S/C8H9NO2/c1-2-11-8-4-3-7(6-10)5-9-8/h3-6H,2H2,1H3. The second-order valence-electron chi connectivity index (χ2n) is 1.98. The summed E-state index contributed by atoms with van der Waals surface area (Å²) in [7, 11) is 0. The van der Waals surface area contributed by atoms with E-state index in [0.29, 0.717) is 18.1 Å². The van der Waals surface area contributed by atoms with Crippen LogP contribution >= 0.6 is 0 Å². The van der Waals surface area contributed by atoms with Crippen molar-refractivity contribution < 1.29 is 9.53 Å². The van der Waals surface area contributed by atoms with Gasteiger partial charge in [0.15, 0.2) is 6.29 Å². The highest BCUT2D eigenvalue weighted by molar-refractivity contribution is 5.73. The van der Waals surface area contributed by atoms with Crippen LogP contribution < -0.4 is 4.74 Å². The average Bonchev–Trinajstić information content (AvgIpc) is 2.07. The molecule has 1 heterocycles. The Morgan fingerprint density at radius 2 is 2.45 bits per heavy atom. The summed E-state index contributed by atoms with van der Waals surface area (Å²) in [5, 5.41) is 0. The van der Waals surface area contributed by atoms with Gasteiger partial charge in [0, 0.05) is 17.8 Å². The molecule has 1 aromatic rings. The number of carbonyl (C=O) groups excluding carboxylic acids is 1. The van der Waals surface area contributed by atoms with E-state index in [0.717, 1.165) is 6.29 Å². The monoisotopic (exact) mass is 151 g/mol. The molecule has 0 unspecified atom stereocenters. The molecule has 3 heteroatoms. The molecule has 11 heavy (non-hydrogen) atoms. The molecule has 0 fully saturated rings. The van der Waals surface area contributed by atoms with Gasteiger partial charge in [-0.3, -0.25) is 4.79 Å². The Morgan fingerprint density at radius 1 is 1.64 bits per heavy atom. The number of carbonyl (C=O) groups is 1. The van der Waals surface area contributed by atoms with Gasteiger partial charge >= 0.3 is 0 Å². The molecule has 58 valence electrons. The van der Waals surface area contributed by atoms with E-state index in [1.54, 1.807) is 12.1 Å². The normalized spacial score (nSPS) is 9.18. The lowest BCUT2D eigenvalue weighted by atomic mass is 10.3. The van der Waals surface area contributed by atoms with E-state index >= 15 is 0 Å². The van der Waals surface area contributed by atoms with Crippen LogP contribution in [0.2, 0.25) is 0 Å². The number of ether oxygens (including phenoxy) is 1. The molecule has 1 aromatic heterocycles. The van der Waals surface area contributed by atoms with Crippen molar-refractivity contribution in [3.63, 3.8) is 0 Å². The van der Waals surface area contributed by atoms with Gasteiger partial charge in [-0.25, -0.2) is 4.98 Å². The van der Waals surface area contributed by atoms with Crippen LogP contribution in [0.3, 0.4) is 0 Å². The first-order valence-corrected chi connectivity index (χ1v) is 3.41. The average molecular weight is 151 g/mol. The zero-order chi connectivity index (χ0) is 8.10. The fraction of sp³-hybridized carbons (Fsp3) is 0.250. The maximum absolute atomic E-state index is 10.2. The lowest BCUT2D eigenvalue weighted by Gasteiger charge is -1.99. The third-order valence-corrected chi connectivity index (χ3v) is 1.19. The summed E-state index contributed by atoms with van der Waals surface area (Å²) in [4.78, 5) is 14.1. The van der Waals surface area contributed by atoms with Gasteiger partial charge in [0.1, 0.15) is 0 Å². The molecule has 0 saturated carbocycles. The van der Waals surface area contributed by atoms with Crippen molar-refractivity contribution in [2.24, 2.45) is 0 Å². The third kappa shape index (κ3) is 2.04. The molecule has 0 aliphatic carbocycles. The predicted octanol–water partition coefficient (Wildman–Crippen LogP) is 1.29. The molecule has 0 saturated heterocycles. The van der Waals surface area contributed by atoms with Crippen LogP contribution in [0.25, 0.3) is 0 Å². The number of pyridine rings is 1. The van der Waals surface area contributed by atoms with Gasteiger partial charge in [-0.15, -0.1) is 0 Å². The summed E-state index contributed by atoms with van der Waals surface area (Å²) in [6.07, 6.45) is 2.24. The highest BCUT2D eigenvalue weighted by atomic mass is 16.5. The number of hydrogen-bond donors (Lipinski definition) is 0. The minimum absolute atomic E-state index is 0.554. The fourth-order valence-electron chi connectivity index (χ4n) is 0.695. The summed E-state index contributed by atoms with van der Waals surface area (Å²) in [6.45, 7) is 2.47. The molecule has 3 nitrogen and oxygen atoms in total. The largest absolute Gasteiger partial charge is 0.478 e. The Bertz CT molecular complexity index is 230. The second-order valence-corrected chi connectivity index (χ2v) is 1.98. The molecule has 0 aliphatic rings. The van der Waals surface area contributed by atoms with Gasteiger partial charge in [0.2, 0.25) is 5.88 Å². The minimum Gasteiger partial charge on any atom is -0.478 e. The molecule has 0 spiro atoms. The van der Waals surface area contributed by atoms with E-state index in [-0.39, 0.29) is 0 Å². The molecule has 0 radical (unpaired) electrons. The van der Waals surface area contributed by atoms with Crippen molar-refractivity contribution in [2.45, 2.75) is 6.92 Å². The first-order valence-electron chi connectivity index (χ1n) is 3.41. The van der Waals surface area contributed by atoms with Gasteiger partial charge in [-0.1, -0.05) is 0 Å². The van der Waals surface area contributed by atoms with Gasteiger partial charge in [0.05, 0.1) is 6.61 Å². The third-order valence-electron chi connectivity index (χ3n) is 1.19. The lowest BCUT2D eigenvalue weighted by Crippen LogP contribution is -1.94. The first-order chi connectivity index (χ1) is 5.36. The maximum Gasteiger partial charge on any atom is 0.213 e. The van der Waals surface area contributed by atoms with Gasteiger partial charge in [-0.2, -0.15) is 0 Å². The van der Waals surface area contributed by atoms with Crippen molar-refractivity contribution >= 4 is 6.29 Å². The SMILES string of the molecule is CCOc1ccc(C=O)cn1. The van der Waals surface area contributed by atoms with E-state index in [1.807, 2.05) is 6.92 Å². The summed E-state index contributed by atoms with van der Waals surface area (Å²) in [5.41, 5.74) is 0.563. The lowest BCUT2D eigenvalue weighted by molar-refractivity contribution is 0.112. The number of hydrogen-bond acceptors (Lipinski definition) is 3. The highest BCUT2D eigenvalue weighted by Crippen LogP contribution is 2.05. The van der Waals surface area contributed by atoms with Crippen LogP contribution in [-0.4, -0.2) is 17.9 Å². The molecule has 0 aromatic carbocycles. The minimum atomic E-state index is 0.554. The van der Waals surface area contributed by atoms with E-state index in [2.05, 4.69) is 4.98 Å². The molecular weight excluding hydrogens is 142 g/mol. The Labute approximate surface area is 65.0 Å². The smallest absolute Gasteiger partial charge is 0.213 e. The second kappa shape index (κ2) is 3.71. The molecule has 0 amide bonds. The maximum atomic E-state index is 10.2. The summed E-state index contributed by atoms with van der Waals surface area (Å²) in [5.74, 6) is 0.554. The van der Waals surface area contributed by atoms with Crippen LogP contribution in [0.4, 0.5) is 0 Å². The van der Waals surface area contributed by atoms with Crippen LogP contribution in [0.1, 0.15) is 17.3 Å². The van der Waals surface area contributed by atoms with Gasteiger partial charge < -0.3 is 4.74 Å². The molecular formula is C8H9NO2. The molecule has 0 aliphatic heterocycles. The van der Waals surface area contributed by atoms with Crippen molar-refractivity contribution in [1.29, 1.82) is 0 Å². The Hall–Kier alpha value is -1.38. The van der Waals surface area contributed by atoms with E-state index in [9.17, 15) is 4.79 Å². The van der Waals surface area contributed by atoms with Crippen molar-refractivity contribution in [3.05, 3.63) is 23.9 Å². The van der Waals surface area contributed by atoms with E-state index in [4.69, 9.17) is 4.74 Å². The topological polar surface area (TPSA) is 39.2 Å². The summed E-state index contributed by atoms with van der Waals surface area (Å²) >= 11 is 0.